The summed E-state index contributed by atoms with van der Waals surface area (Å²) in [7, 11) is 0. The number of rotatable bonds is 4. The molecule has 0 saturated carbocycles. The fourth-order valence-corrected chi connectivity index (χ4v) is 3.99. The van der Waals surface area contributed by atoms with Crippen LogP contribution in [0.2, 0.25) is 0 Å². The second-order valence-corrected chi connectivity index (χ2v) is 7.86. The van der Waals surface area contributed by atoms with Gasteiger partial charge >= 0.3 is 0 Å². The summed E-state index contributed by atoms with van der Waals surface area (Å²) in [6, 6.07) is 6.01. The molecule has 0 aliphatic carbocycles. The first kappa shape index (κ1) is 19.4. The van der Waals surface area contributed by atoms with Crippen LogP contribution < -0.4 is 9.64 Å². The smallest absolute Gasteiger partial charge is 0.232 e. The van der Waals surface area contributed by atoms with Gasteiger partial charge in [-0.05, 0) is 37.1 Å². The first-order chi connectivity index (χ1) is 14.0. The van der Waals surface area contributed by atoms with Crippen molar-refractivity contribution >= 4 is 17.5 Å². The minimum atomic E-state index is -0.276. The Morgan fingerprint density at radius 1 is 1.14 bits per heavy atom. The zero-order valence-corrected chi connectivity index (χ0v) is 16.9. The molecule has 7 nitrogen and oxygen atoms in total. The molecule has 7 heteroatoms. The largest absolute Gasteiger partial charge is 0.473 e. The Bertz CT molecular complexity index is 894. The van der Waals surface area contributed by atoms with Crippen molar-refractivity contribution in [2.75, 3.05) is 24.5 Å². The van der Waals surface area contributed by atoms with Crippen LogP contribution in [-0.2, 0) is 9.59 Å². The maximum Gasteiger partial charge on any atom is 0.232 e. The lowest BCUT2D eigenvalue weighted by molar-refractivity contribution is -0.137. The Morgan fingerprint density at radius 2 is 1.93 bits per heavy atom. The van der Waals surface area contributed by atoms with Gasteiger partial charge in [0.05, 0.1) is 12.1 Å². The molecule has 0 unspecified atom stereocenters. The molecule has 29 heavy (non-hydrogen) atoms. The molecule has 0 radical (unpaired) electrons. The van der Waals surface area contributed by atoms with Gasteiger partial charge < -0.3 is 14.5 Å². The normalized spacial score (nSPS) is 20.2. The van der Waals surface area contributed by atoms with Crippen molar-refractivity contribution in [3.8, 4) is 5.88 Å². The Hall–Kier alpha value is -2.96. The monoisotopic (exact) mass is 394 g/mol. The number of amides is 2. The number of carbonyl (C=O) groups is 2. The van der Waals surface area contributed by atoms with E-state index in [4.69, 9.17) is 4.74 Å². The van der Waals surface area contributed by atoms with E-state index in [1.54, 1.807) is 23.5 Å². The lowest BCUT2D eigenvalue weighted by Gasteiger charge is -2.33. The molecule has 4 rings (SSSR count). The zero-order chi connectivity index (χ0) is 20.4. The van der Waals surface area contributed by atoms with Crippen molar-refractivity contribution < 1.29 is 14.3 Å². The first-order valence-corrected chi connectivity index (χ1v) is 10.1. The maximum absolute atomic E-state index is 13.0. The number of piperidine rings is 1. The number of carbonyl (C=O) groups excluding carboxylic acids is 2. The lowest BCUT2D eigenvalue weighted by atomic mass is 10.0. The van der Waals surface area contributed by atoms with Gasteiger partial charge in [0.1, 0.15) is 6.10 Å². The summed E-state index contributed by atoms with van der Waals surface area (Å²) in [5, 5.41) is 0. The van der Waals surface area contributed by atoms with Crippen molar-refractivity contribution in [2.45, 2.75) is 39.2 Å². The van der Waals surface area contributed by atoms with Gasteiger partial charge in [0.15, 0.2) is 0 Å². The quantitative estimate of drug-likeness (QED) is 0.797. The van der Waals surface area contributed by atoms with Crippen molar-refractivity contribution in [1.82, 2.24) is 14.9 Å². The fourth-order valence-electron chi connectivity index (χ4n) is 3.99. The van der Waals surface area contributed by atoms with Crippen LogP contribution in [0.5, 0.6) is 5.88 Å². The highest BCUT2D eigenvalue weighted by molar-refractivity contribution is 6.00. The molecule has 2 aromatic rings. The molecule has 0 bridgehead atoms. The molecule has 1 atom stereocenters. The van der Waals surface area contributed by atoms with Gasteiger partial charge in [-0.1, -0.05) is 6.07 Å². The van der Waals surface area contributed by atoms with Crippen LogP contribution in [0.25, 0.3) is 0 Å². The number of ether oxygens (including phenoxy) is 1. The third-order valence-electron chi connectivity index (χ3n) is 5.86. The third kappa shape index (κ3) is 4.23. The second kappa shape index (κ2) is 8.19. The predicted molar refractivity (Wildman–Crippen MR) is 109 cm³/mol. The number of aromatic nitrogens is 2. The number of hydrogen-bond acceptors (Lipinski definition) is 5. The van der Waals surface area contributed by atoms with E-state index in [1.807, 2.05) is 30.0 Å². The van der Waals surface area contributed by atoms with Gasteiger partial charge in [0.2, 0.25) is 17.7 Å². The van der Waals surface area contributed by atoms with Crippen LogP contribution in [0.1, 0.15) is 30.4 Å². The van der Waals surface area contributed by atoms with Gasteiger partial charge in [-0.3, -0.25) is 14.6 Å². The molecule has 2 aliphatic heterocycles. The summed E-state index contributed by atoms with van der Waals surface area (Å²) in [5.41, 5.74) is 3.22. The average molecular weight is 394 g/mol. The van der Waals surface area contributed by atoms with Crippen LogP contribution in [0, 0.1) is 19.8 Å². The van der Waals surface area contributed by atoms with E-state index in [9.17, 15) is 9.59 Å². The van der Waals surface area contributed by atoms with Gasteiger partial charge in [-0.25, -0.2) is 4.98 Å². The minimum absolute atomic E-state index is 0.0208. The number of hydrogen-bond donors (Lipinski definition) is 0. The predicted octanol–water partition coefficient (Wildman–Crippen LogP) is 2.52. The number of aryl methyl sites for hydroxylation is 2. The van der Waals surface area contributed by atoms with E-state index in [1.165, 1.54) is 5.56 Å². The summed E-state index contributed by atoms with van der Waals surface area (Å²) in [6.45, 7) is 5.82. The molecule has 3 heterocycles. The molecule has 2 saturated heterocycles. The number of anilines is 1. The van der Waals surface area contributed by atoms with E-state index in [0.29, 0.717) is 25.5 Å². The van der Waals surface area contributed by atoms with E-state index >= 15 is 0 Å². The molecule has 0 spiro atoms. The highest BCUT2D eigenvalue weighted by Gasteiger charge is 2.38. The Kier molecular flexibility index (Phi) is 5.47. The van der Waals surface area contributed by atoms with Gasteiger partial charge in [0.25, 0.3) is 0 Å². The standard InChI is InChI=1S/C22H26N4O3/c1-15-3-4-18(11-16(15)2)26-14-17(12-21(26)27)22(28)25-9-5-19(6-10-25)29-20-13-23-7-8-24-20/h3-4,7-8,11,13,17,19H,5-6,9-10,12,14H2,1-2H3/t17-/m1/s1. The summed E-state index contributed by atoms with van der Waals surface area (Å²) < 4.78 is 5.85. The molecule has 2 amide bonds. The molecule has 1 aromatic heterocycles. The molecule has 1 aromatic carbocycles. The molecule has 0 N–H and O–H groups in total. The summed E-state index contributed by atoms with van der Waals surface area (Å²) in [6.07, 6.45) is 6.64. The van der Waals surface area contributed by atoms with E-state index in [0.717, 1.165) is 24.1 Å². The van der Waals surface area contributed by atoms with Crippen molar-refractivity contribution in [3.63, 3.8) is 0 Å². The van der Waals surface area contributed by atoms with E-state index < -0.39 is 0 Å². The first-order valence-electron chi connectivity index (χ1n) is 10.1. The van der Waals surface area contributed by atoms with Gasteiger partial charge in [-0.2, -0.15) is 0 Å². The Balaban J connectivity index is 1.33. The second-order valence-electron chi connectivity index (χ2n) is 7.86. The van der Waals surface area contributed by atoms with Crippen molar-refractivity contribution in [2.24, 2.45) is 5.92 Å². The Morgan fingerprint density at radius 3 is 2.62 bits per heavy atom. The zero-order valence-electron chi connectivity index (χ0n) is 16.9. The summed E-state index contributed by atoms with van der Waals surface area (Å²) in [5.74, 6) is 0.333. The van der Waals surface area contributed by atoms with Crippen molar-refractivity contribution in [1.29, 1.82) is 0 Å². The third-order valence-corrected chi connectivity index (χ3v) is 5.86. The average Bonchev–Trinajstić information content (AvgIpc) is 3.12. The van der Waals surface area contributed by atoms with E-state index in [-0.39, 0.29) is 30.3 Å². The number of benzene rings is 1. The maximum atomic E-state index is 13.0. The van der Waals surface area contributed by atoms with Crippen LogP contribution >= 0.6 is 0 Å². The molecular formula is C22H26N4O3. The van der Waals surface area contributed by atoms with Gasteiger partial charge in [0, 0.05) is 57.0 Å². The topological polar surface area (TPSA) is 75.6 Å². The van der Waals surface area contributed by atoms with Gasteiger partial charge in [-0.15, -0.1) is 0 Å². The highest BCUT2D eigenvalue weighted by atomic mass is 16.5. The Labute approximate surface area is 170 Å². The van der Waals surface area contributed by atoms with E-state index in [2.05, 4.69) is 16.9 Å². The molecule has 2 fully saturated rings. The minimum Gasteiger partial charge on any atom is -0.473 e. The van der Waals surface area contributed by atoms with Crippen molar-refractivity contribution in [3.05, 3.63) is 47.9 Å². The van der Waals surface area contributed by atoms with Crippen LogP contribution in [0.3, 0.4) is 0 Å². The molecule has 152 valence electrons. The molecule has 2 aliphatic rings. The highest BCUT2D eigenvalue weighted by Crippen LogP contribution is 2.29. The number of likely N-dealkylation sites (tertiary alicyclic amines) is 1. The SMILES string of the molecule is Cc1ccc(N2C[C@H](C(=O)N3CCC(Oc4cnccn4)CC3)CC2=O)cc1C. The van der Waals surface area contributed by atoms with Crippen LogP contribution in [-0.4, -0.2) is 52.4 Å². The van der Waals surface area contributed by atoms with Crippen LogP contribution in [0.15, 0.2) is 36.8 Å². The number of nitrogens with zero attached hydrogens (tertiary/aromatic N) is 4. The summed E-state index contributed by atoms with van der Waals surface area (Å²) >= 11 is 0. The fraction of sp³-hybridized carbons (Fsp3) is 0.455. The molecular weight excluding hydrogens is 368 g/mol. The van der Waals surface area contributed by atoms with Crippen LogP contribution in [0.4, 0.5) is 5.69 Å². The lowest BCUT2D eigenvalue weighted by Crippen LogP contribution is -2.45. The summed E-state index contributed by atoms with van der Waals surface area (Å²) in [4.78, 5) is 37.3.